The fourth-order valence-corrected chi connectivity index (χ4v) is 6.95. The lowest BCUT2D eigenvalue weighted by atomic mass is 10.0. The number of piperidine rings is 2. The van der Waals surface area contributed by atoms with E-state index in [4.69, 9.17) is 9.72 Å². The molecule has 2 aromatic heterocycles. The number of anilines is 1. The number of hydrogen-bond acceptors (Lipinski definition) is 8. The standard InChI is InChI=1S/C34H45N7O5/c1-34(2,3)46-33(45)40-17-6-5-8-25(40)22-38-15-7-16-39(19-18-38)29-13-10-24(21-35-29)23-9-11-26-28(20-23)37(4)32(44)41(26)27-12-14-30(42)36-31(27)43/h9-11,13,20-21,25,27H,5-8,12,14-19,22H2,1-4H3,(H,36,42,43). The molecule has 2 unspecified atom stereocenters. The van der Waals surface area contributed by atoms with Crippen LogP contribution in [0.2, 0.25) is 0 Å². The second-order valence-corrected chi connectivity index (χ2v) is 13.8. The van der Waals surface area contributed by atoms with Gasteiger partial charge in [-0.15, -0.1) is 0 Å². The first-order valence-electron chi connectivity index (χ1n) is 16.5. The predicted molar refractivity (Wildman–Crippen MR) is 176 cm³/mol. The van der Waals surface area contributed by atoms with E-state index in [1.54, 1.807) is 11.6 Å². The number of benzene rings is 1. The van der Waals surface area contributed by atoms with Crippen molar-refractivity contribution in [3.8, 4) is 11.1 Å². The summed E-state index contributed by atoms with van der Waals surface area (Å²) in [4.78, 5) is 61.8. The second-order valence-electron chi connectivity index (χ2n) is 13.8. The van der Waals surface area contributed by atoms with E-state index in [1.165, 1.54) is 4.57 Å². The Labute approximate surface area is 269 Å². The first kappa shape index (κ1) is 31.8. The summed E-state index contributed by atoms with van der Waals surface area (Å²) in [5.74, 6) is 0.176. The first-order chi connectivity index (χ1) is 22.0. The van der Waals surface area contributed by atoms with E-state index >= 15 is 0 Å². The number of fused-ring (bicyclic) bond motifs is 1. The molecule has 3 aromatic rings. The highest BCUT2D eigenvalue weighted by molar-refractivity contribution is 6.00. The number of rotatable bonds is 5. The molecule has 0 radical (unpaired) electrons. The maximum absolute atomic E-state index is 13.2. The summed E-state index contributed by atoms with van der Waals surface area (Å²) >= 11 is 0. The van der Waals surface area contributed by atoms with Crippen molar-refractivity contribution in [1.82, 2.24) is 29.2 Å². The van der Waals surface area contributed by atoms with Crippen molar-refractivity contribution >= 4 is 34.8 Å². The lowest BCUT2D eigenvalue weighted by Crippen LogP contribution is -2.51. The summed E-state index contributed by atoms with van der Waals surface area (Å²) in [6.07, 6.45) is 6.34. The fourth-order valence-electron chi connectivity index (χ4n) is 6.95. The summed E-state index contributed by atoms with van der Waals surface area (Å²) in [5, 5.41) is 2.35. The summed E-state index contributed by atoms with van der Waals surface area (Å²) in [6, 6.07) is 9.32. The minimum Gasteiger partial charge on any atom is -0.444 e. The monoisotopic (exact) mass is 631 g/mol. The van der Waals surface area contributed by atoms with E-state index in [0.717, 1.165) is 81.9 Å². The van der Waals surface area contributed by atoms with Crippen molar-refractivity contribution in [2.24, 2.45) is 7.05 Å². The number of aromatic nitrogens is 3. The van der Waals surface area contributed by atoms with Crippen LogP contribution < -0.4 is 15.9 Å². The molecule has 3 aliphatic heterocycles. The molecule has 12 nitrogen and oxygen atoms in total. The van der Waals surface area contributed by atoms with Gasteiger partial charge in [-0.25, -0.2) is 14.6 Å². The Morgan fingerprint density at radius 3 is 2.48 bits per heavy atom. The molecule has 12 heteroatoms. The largest absolute Gasteiger partial charge is 0.444 e. The number of nitrogens with zero attached hydrogens (tertiary/aromatic N) is 6. The first-order valence-corrected chi connectivity index (χ1v) is 16.5. The van der Waals surface area contributed by atoms with Gasteiger partial charge in [0.1, 0.15) is 17.5 Å². The van der Waals surface area contributed by atoms with E-state index in [0.29, 0.717) is 17.5 Å². The van der Waals surface area contributed by atoms with Crippen LogP contribution in [0.4, 0.5) is 10.6 Å². The number of amides is 3. The minimum atomic E-state index is -0.711. The Bertz CT molecular complexity index is 1670. The SMILES string of the molecule is Cn1c(=O)n(C2CCC(=O)NC2=O)c2ccc(-c3ccc(N4CCCN(CC5CCCCN5C(=O)OC(C)(C)C)CC4)nc3)cc21. The van der Waals surface area contributed by atoms with Crippen LogP contribution in [0.25, 0.3) is 22.2 Å². The molecule has 1 aromatic carbocycles. The number of aryl methyl sites for hydroxylation is 1. The van der Waals surface area contributed by atoms with Gasteiger partial charge in [0, 0.05) is 64.0 Å². The van der Waals surface area contributed by atoms with E-state index in [1.807, 2.05) is 56.1 Å². The summed E-state index contributed by atoms with van der Waals surface area (Å²) in [6.45, 7) is 11.0. The molecule has 3 saturated heterocycles. The third kappa shape index (κ3) is 6.67. The zero-order valence-corrected chi connectivity index (χ0v) is 27.3. The Hall–Kier alpha value is -4.19. The molecule has 246 valence electrons. The van der Waals surface area contributed by atoms with Crippen LogP contribution in [-0.4, -0.2) is 92.7 Å². The third-order valence-electron chi connectivity index (χ3n) is 9.33. The zero-order chi connectivity index (χ0) is 32.6. The van der Waals surface area contributed by atoms with E-state index in [-0.39, 0.29) is 30.2 Å². The Kier molecular flexibility index (Phi) is 8.91. The molecule has 2 atom stereocenters. The third-order valence-corrected chi connectivity index (χ3v) is 9.33. The number of imide groups is 1. The Morgan fingerprint density at radius 1 is 0.935 bits per heavy atom. The Morgan fingerprint density at radius 2 is 1.74 bits per heavy atom. The summed E-state index contributed by atoms with van der Waals surface area (Å²) < 4.78 is 8.76. The van der Waals surface area contributed by atoms with Gasteiger partial charge in [-0.1, -0.05) is 6.07 Å². The smallest absolute Gasteiger partial charge is 0.410 e. The highest BCUT2D eigenvalue weighted by Crippen LogP contribution is 2.29. The van der Waals surface area contributed by atoms with E-state index < -0.39 is 17.6 Å². The maximum Gasteiger partial charge on any atom is 0.410 e. The number of imidazole rings is 1. The van der Waals surface area contributed by atoms with Gasteiger partial charge in [-0.05, 0) is 89.2 Å². The fraction of sp³-hybridized carbons (Fsp3) is 0.559. The van der Waals surface area contributed by atoms with Gasteiger partial charge in [-0.2, -0.15) is 0 Å². The van der Waals surface area contributed by atoms with E-state index in [2.05, 4.69) is 21.2 Å². The Balaban J connectivity index is 1.12. The van der Waals surface area contributed by atoms with E-state index in [9.17, 15) is 19.2 Å². The number of nitrogens with one attached hydrogen (secondary N) is 1. The van der Waals surface area contributed by atoms with Gasteiger partial charge in [-0.3, -0.25) is 28.9 Å². The van der Waals surface area contributed by atoms with Gasteiger partial charge < -0.3 is 14.5 Å². The van der Waals surface area contributed by atoms with Gasteiger partial charge in [0.05, 0.1) is 11.0 Å². The average molecular weight is 632 g/mol. The molecule has 5 heterocycles. The average Bonchev–Trinajstić information content (AvgIpc) is 3.14. The lowest BCUT2D eigenvalue weighted by molar-refractivity contribution is -0.135. The van der Waals surface area contributed by atoms with Crippen LogP contribution in [0.15, 0.2) is 41.3 Å². The zero-order valence-electron chi connectivity index (χ0n) is 27.3. The molecule has 1 N–H and O–H groups in total. The molecule has 3 fully saturated rings. The molecule has 0 bridgehead atoms. The van der Waals surface area contributed by atoms with Crippen LogP contribution in [0.3, 0.4) is 0 Å². The molecular formula is C34H45N7O5. The number of carbonyl (C=O) groups is 3. The van der Waals surface area contributed by atoms with Crippen molar-refractivity contribution < 1.29 is 19.1 Å². The predicted octanol–water partition coefficient (Wildman–Crippen LogP) is 3.68. The number of pyridine rings is 1. The van der Waals surface area contributed by atoms with Crippen molar-refractivity contribution in [1.29, 1.82) is 0 Å². The topological polar surface area (TPSA) is 122 Å². The number of ether oxygens (including phenoxy) is 1. The molecule has 6 rings (SSSR count). The van der Waals surface area contributed by atoms with Crippen LogP contribution >= 0.6 is 0 Å². The maximum atomic E-state index is 13.2. The quantitative estimate of drug-likeness (QED) is 0.424. The molecule has 0 spiro atoms. The molecular weight excluding hydrogens is 586 g/mol. The molecule has 3 amide bonds. The van der Waals surface area contributed by atoms with Crippen LogP contribution in [0.5, 0.6) is 0 Å². The van der Waals surface area contributed by atoms with Crippen molar-refractivity contribution in [3.05, 3.63) is 47.0 Å². The van der Waals surface area contributed by atoms with Gasteiger partial charge in [0.2, 0.25) is 11.8 Å². The van der Waals surface area contributed by atoms with Crippen molar-refractivity contribution in [3.63, 3.8) is 0 Å². The summed E-state index contributed by atoms with van der Waals surface area (Å²) in [5.41, 5.74) is 2.44. The highest BCUT2D eigenvalue weighted by Gasteiger charge is 2.33. The normalized spacial score (nSPS) is 21.7. The van der Waals surface area contributed by atoms with Crippen molar-refractivity contribution in [2.45, 2.75) is 77.0 Å². The lowest BCUT2D eigenvalue weighted by Gasteiger charge is -2.39. The van der Waals surface area contributed by atoms with Crippen LogP contribution in [0.1, 0.15) is 65.3 Å². The van der Waals surface area contributed by atoms with Gasteiger partial charge in [0.15, 0.2) is 0 Å². The second kappa shape index (κ2) is 12.9. The number of hydrogen-bond donors (Lipinski definition) is 1. The molecule has 46 heavy (non-hydrogen) atoms. The highest BCUT2D eigenvalue weighted by atomic mass is 16.6. The van der Waals surface area contributed by atoms with Crippen molar-refractivity contribution in [2.75, 3.05) is 44.2 Å². The summed E-state index contributed by atoms with van der Waals surface area (Å²) in [7, 11) is 1.70. The van der Waals surface area contributed by atoms with Gasteiger partial charge >= 0.3 is 11.8 Å². The molecule has 3 aliphatic rings. The number of likely N-dealkylation sites (tertiary alicyclic amines) is 1. The molecule has 0 saturated carbocycles. The molecule has 0 aliphatic carbocycles. The van der Waals surface area contributed by atoms with Gasteiger partial charge in [0.25, 0.3) is 0 Å². The number of carbonyl (C=O) groups excluding carboxylic acids is 3. The van der Waals surface area contributed by atoms with Crippen LogP contribution in [-0.2, 0) is 21.4 Å². The minimum absolute atomic E-state index is 0.172. The van der Waals surface area contributed by atoms with Crippen LogP contribution in [0, 0.1) is 0 Å².